The highest BCUT2D eigenvalue weighted by molar-refractivity contribution is 7.71. The minimum atomic E-state index is 0.0625. The Morgan fingerprint density at radius 2 is 2.12 bits per heavy atom. The van der Waals surface area contributed by atoms with E-state index in [-0.39, 0.29) is 6.61 Å². The van der Waals surface area contributed by atoms with E-state index in [1.54, 1.807) is 0 Å². The summed E-state index contributed by atoms with van der Waals surface area (Å²) in [6.07, 6.45) is 6.60. The van der Waals surface area contributed by atoms with E-state index in [2.05, 4.69) is 23.4 Å². The van der Waals surface area contributed by atoms with Crippen LogP contribution in [0, 0.1) is 10.2 Å². The number of aromatic amines is 1. The average molecular weight is 240 g/mol. The SMILES string of the molecule is CC1(C)CCC(n2c(CO)c[nH]c2=S)CC1. The fourth-order valence-electron chi connectivity index (χ4n) is 2.58. The van der Waals surface area contributed by atoms with Gasteiger partial charge in [0.1, 0.15) is 0 Å². The second-order valence-electron chi connectivity index (χ2n) is 5.51. The zero-order valence-corrected chi connectivity index (χ0v) is 10.8. The van der Waals surface area contributed by atoms with E-state index >= 15 is 0 Å². The quantitative estimate of drug-likeness (QED) is 0.780. The molecule has 2 rings (SSSR count). The monoisotopic (exact) mass is 240 g/mol. The molecule has 1 aliphatic rings. The van der Waals surface area contributed by atoms with Crippen LogP contribution in [0.25, 0.3) is 0 Å². The van der Waals surface area contributed by atoms with Crippen molar-refractivity contribution in [2.24, 2.45) is 5.41 Å². The zero-order chi connectivity index (χ0) is 11.8. The van der Waals surface area contributed by atoms with Crippen molar-refractivity contribution in [3.63, 3.8) is 0 Å². The number of nitrogens with zero attached hydrogens (tertiary/aromatic N) is 1. The number of aromatic nitrogens is 2. The van der Waals surface area contributed by atoms with Crippen LogP contribution in [0.5, 0.6) is 0 Å². The maximum absolute atomic E-state index is 9.28. The van der Waals surface area contributed by atoms with Crippen LogP contribution in [0.15, 0.2) is 6.20 Å². The van der Waals surface area contributed by atoms with Gasteiger partial charge in [-0.3, -0.25) is 0 Å². The lowest BCUT2D eigenvalue weighted by molar-refractivity contribution is 0.184. The smallest absolute Gasteiger partial charge is 0.177 e. The van der Waals surface area contributed by atoms with Crippen molar-refractivity contribution in [2.75, 3.05) is 0 Å². The molecular weight excluding hydrogens is 220 g/mol. The molecule has 1 heterocycles. The summed E-state index contributed by atoms with van der Waals surface area (Å²) in [7, 11) is 0. The molecule has 90 valence electrons. The summed E-state index contributed by atoms with van der Waals surface area (Å²) in [6, 6.07) is 0.467. The molecule has 0 bridgehead atoms. The molecule has 1 fully saturated rings. The standard InChI is InChI=1S/C12H20N2OS/c1-12(2)5-3-9(4-6-12)14-10(8-15)7-13-11(14)16/h7,9,15H,3-6,8H2,1-2H3,(H,13,16). The van der Waals surface area contributed by atoms with Gasteiger partial charge in [-0.1, -0.05) is 13.8 Å². The summed E-state index contributed by atoms with van der Waals surface area (Å²) in [5.41, 5.74) is 1.38. The van der Waals surface area contributed by atoms with Crippen molar-refractivity contribution in [2.45, 2.75) is 52.2 Å². The lowest BCUT2D eigenvalue weighted by Gasteiger charge is -2.35. The predicted octanol–water partition coefficient (Wildman–Crippen LogP) is 3.18. The largest absolute Gasteiger partial charge is 0.390 e. The molecular formula is C12H20N2OS. The van der Waals surface area contributed by atoms with Crippen LogP contribution >= 0.6 is 12.2 Å². The number of nitrogens with one attached hydrogen (secondary N) is 1. The fourth-order valence-corrected chi connectivity index (χ4v) is 2.90. The summed E-state index contributed by atoms with van der Waals surface area (Å²) in [5, 5.41) is 9.28. The van der Waals surface area contributed by atoms with Crippen LogP contribution in [0.4, 0.5) is 0 Å². The third-order valence-electron chi connectivity index (χ3n) is 3.73. The topological polar surface area (TPSA) is 41.0 Å². The van der Waals surface area contributed by atoms with Crippen LogP contribution < -0.4 is 0 Å². The number of hydrogen-bond acceptors (Lipinski definition) is 2. The Hall–Kier alpha value is -0.610. The molecule has 0 aromatic carbocycles. The summed E-state index contributed by atoms with van der Waals surface area (Å²) < 4.78 is 2.85. The number of aliphatic hydroxyl groups excluding tert-OH is 1. The van der Waals surface area contributed by atoms with Crippen molar-refractivity contribution < 1.29 is 5.11 Å². The van der Waals surface area contributed by atoms with Gasteiger partial charge in [-0.05, 0) is 43.3 Å². The Morgan fingerprint density at radius 1 is 1.50 bits per heavy atom. The molecule has 1 saturated carbocycles. The summed E-state index contributed by atoms with van der Waals surface area (Å²) in [6.45, 7) is 4.71. The number of hydrogen-bond donors (Lipinski definition) is 2. The predicted molar refractivity (Wildman–Crippen MR) is 66.8 cm³/mol. The molecule has 0 unspecified atom stereocenters. The van der Waals surface area contributed by atoms with Gasteiger partial charge in [0, 0.05) is 12.2 Å². The van der Waals surface area contributed by atoms with Crippen LogP contribution in [0.1, 0.15) is 51.3 Å². The molecule has 0 aliphatic heterocycles. The van der Waals surface area contributed by atoms with Gasteiger partial charge < -0.3 is 14.7 Å². The van der Waals surface area contributed by atoms with E-state index in [4.69, 9.17) is 12.2 Å². The lowest BCUT2D eigenvalue weighted by Crippen LogP contribution is -2.24. The molecule has 0 atom stereocenters. The van der Waals surface area contributed by atoms with E-state index in [0.29, 0.717) is 11.5 Å². The van der Waals surface area contributed by atoms with Crippen molar-refractivity contribution in [3.05, 3.63) is 16.7 Å². The Morgan fingerprint density at radius 3 is 2.69 bits per heavy atom. The maximum Gasteiger partial charge on any atom is 0.177 e. The molecule has 3 nitrogen and oxygen atoms in total. The molecule has 16 heavy (non-hydrogen) atoms. The molecule has 1 aliphatic carbocycles. The number of H-pyrrole nitrogens is 1. The molecule has 0 amide bonds. The second kappa shape index (κ2) is 4.34. The summed E-state index contributed by atoms with van der Waals surface area (Å²) in [5.74, 6) is 0. The molecule has 0 spiro atoms. The van der Waals surface area contributed by atoms with Crippen molar-refractivity contribution in [3.8, 4) is 0 Å². The first-order chi connectivity index (χ1) is 7.53. The van der Waals surface area contributed by atoms with Gasteiger partial charge in [-0.2, -0.15) is 0 Å². The minimum Gasteiger partial charge on any atom is -0.390 e. The average Bonchev–Trinajstić information content (AvgIpc) is 2.60. The van der Waals surface area contributed by atoms with Gasteiger partial charge >= 0.3 is 0 Å². The van der Waals surface area contributed by atoms with Crippen LogP contribution in [0.2, 0.25) is 0 Å². The van der Waals surface area contributed by atoms with Gasteiger partial charge in [0.15, 0.2) is 4.77 Å². The second-order valence-corrected chi connectivity index (χ2v) is 5.90. The number of rotatable bonds is 2. The van der Waals surface area contributed by atoms with E-state index < -0.39 is 0 Å². The Labute approximate surface area is 102 Å². The van der Waals surface area contributed by atoms with Crippen LogP contribution in [-0.2, 0) is 6.61 Å². The van der Waals surface area contributed by atoms with Crippen molar-refractivity contribution >= 4 is 12.2 Å². The number of aliphatic hydroxyl groups is 1. The molecule has 2 N–H and O–H groups in total. The summed E-state index contributed by atoms with van der Waals surface area (Å²) >= 11 is 5.27. The summed E-state index contributed by atoms with van der Waals surface area (Å²) in [4.78, 5) is 3.02. The first-order valence-corrected chi connectivity index (χ1v) is 6.34. The highest BCUT2D eigenvalue weighted by atomic mass is 32.1. The molecule has 1 aromatic rings. The van der Waals surface area contributed by atoms with Gasteiger partial charge in [-0.15, -0.1) is 0 Å². The first-order valence-electron chi connectivity index (χ1n) is 5.93. The normalized spacial score (nSPS) is 21.2. The maximum atomic E-state index is 9.28. The zero-order valence-electron chi connectivity index (χ0n) is 9.99. The van der Waals surface area contributed by atoms with E-state index in [9.17, 15) is 5.11 Å². The van der Waals surface area contributed by atoms with Gasteiger partial charge in [0.25, 0.3) is 0 Å². The Balaban J connectivity index is 2.20. The minimum absolute atomic E-state index is 0.0625. The molecule has 0 saturated heterocycles. The third-order valence-corrected chi connectivity index (χ3v) is 4.04. The van der Waals surface area contributed by atoms with E-state index in [1.165, 1.54) is 12.8 Å². The van der Waals surface area contributed by atoms with E-state index in [1.807, 2.05) is 6.20 Å². The first kappa shape index (κ1) is 11.9. The number of imidazole rings is 1. The molecule has 1 aromatic heterocycles. The third kappa shape index (κ3) is 2.23. The van der Waals surface area contributed by atoms with E-state index in [0.717, 1.165) is 23.3 Å². The molecule has 4 heteroatoms. The van der Waals surface area contributed by atoms with Gasteiger partial charge in [0.05, 0.1) is 12.3 Å². The van der Waals surface area contributed by atoms with Crippen LogP contribution in [0.3, 0.4) is 0 Å². The molecule has 0 radical (unpaired) electrons. The van der Waals surface area contributed by atoms with Gasteiger partial charge in [0.2, 0.25) is 0 Å². The Kier molecular flexibility index (Phi) is 3.22. The Bertz CT molecular complexity index is 409. The van der Waals surface area contributed by atoms with Gasteiger partial charge in [-0.25, -0.2) is 0 Å². The highest BCUT2D eigenvalue weighted by Gasteiger charge is 2.28. The lowest BCUT2D eigenvalue weighted by atomic mass is 9.75. The fraction of sp³-hybridized carbons (Fsp3) is 0.750. The van der Waals surface area contributed by atoms with Crippen LogP contribution in [-0.4, -0.2) is 14.7 Å². The van der Waals surface area contributed by atoms with Crippen molar-refractivity contribution in [1.82, 2.24) is 9.55 Å². The highest BCUT2D eigenvalue weighted by Crippen LogP contribution is 2.40. The van der Waals surface area contributed by atoms with Crippen molar-refractivity contribution in [1.29, 1.82) is 0 Å².